The third-order valence-corrected chi connectivity index (χ3v) is 6.85. The van der Waals surface area contributed by atoms with E-state index in [0.29, 0.717) is 12.6 Å². The van der Waals surface area contributed by atoms with Crippen molar-refractivity contribution in [2.24, 2.45) is 0 Å². The monoisotopic (exact) mass is 404 g/mol. The second-order valence-corrected chi connectivity index (χ2v) is 9.21. The summed E-state index contributed by atoms with van der Waals surface area (Å²) in [4.78, 5) is 14.6. The molecule has 29 heavy (non-hydrogen) atoms. The van der Waals surface area contributed by atoms with E-state index in [1.54, 1.807) is 12.1 Å². The van der Waals surface area contributed by atoms with Gasteiger partial charge in [-0.15, -0.1) is 0 Å². The summed E-state index contributed by atoms with van der Waals surface area (Å²) in [6, 6.07) is 5.58. The molecular weight excluding hydrogens is 371 g/mol. The van der Waals surface area contributed by atoms with Crippen LogP contribution in [0, 0.1) is 5.82 Å². The highest BCUT2D eigenvalue weighted by molar-refractivity contribution is 5.67. The molecule has 1 aromatic rings. The van der Waals surface area contributed by atoms with E-state index in [-0.39, 0.29) is 29.5 Å². The maximum Gasteiger partial charge on any atom is 0.407 e. The van der Waals surface area contributed by atoms with E-state index in [1.165, 1.54) is 18.9 Å². The summed E-state index contributed by atoms with van der Waals surface area (Å²) in [7, 11) is 0. The van der Waals surface area contributed by atoms with Gasteiger partial charge in [-0.1, -0.05) is 12.8 Å². The number of piperidine rings is 1. The lowest BCUT2D eigenvalue weighted by Crippen LogP contribution is -2.49. The molecule has 0 radical (unpaired) electrons. The van der Waals surface area contributed by atoms with Crippen LogP contribution in [-0.4, -0.2) is 48.9 Å². The van der Waals surface area contributed by atoms with Crippen molar-refractivity contribution < 1.29 is 18.7 Å². The maximum atomic E-state index is 13.8. The van der Waals surface area contributed by atoms with Crippen LogP contribution < -0.4 is 10.1 Å². The number of amides is 1. The van der Waals surface area contributed by atoms with Gasteiger partial charge in [-0.05, 0) is 77.2 Å². The predicted molar refractivity (Wildman–Crippen MR) is 110 cm³/mol. The van der Waals surface area contributed by atoms with Crippen molar-refractivity contribution in [1.82, 2.24) is 10.2 Å². The molecule has 2 aliphatic heterocycles. The number of rotatable bonds is 3. The van der Waals surface area contributed by atoms with Gasteiger partial charge in [-0.25, -0.2) is 9.18 Å². The SMILES string of the molecule is CC(C)OC(=O)NC1CCCCC(N2CCC3(CC2)COc2ccc(F)cc23)C1. The summed E-state index contributed by atoms with van der Waals surface area (Å²) >= 11 is 0. The molecule has 6 heteroatoms. The molecule has 1 saturated carbocycles. The molecule has 1 N–H and O–H groups in total. The zero-order valence-corrected chi connectivity index (χ0v) is 17.6. The lowest BCUT2D eigenvalue weighted by atomic mass is 9.74. The van der Waals surface area contributed by atoms with Crippen LogP contribution in [0.2, 0.25) is 0 Å². The van der Waals surface area contributed by atoms with Crippen molar-refractivity contribution in [2.75, 3.05) is 19.7 Å². The molecule has 4 rings (SSSR count). The van der Waals surface area contributed by atoms with Crippen LogP contribution in [0.1, 0.15) is 64.4 Å². The van der Waals surface area contributed by atoms with Gasteiger partial charge in [0.05, 0.1) is 12.7 Å². The van der Waals surface area contributed by atoms with Crippen molar-refractivity contribution >= 4 is 6.09 Å². The van der Waals surface area contributed by atoms with E-state index in [2.05, 4.69) is 10.2 Å². The van der Waals surface area contributed by atoms with Gasteiger partial charge in [0.25, 0.3) is 0 Å². The van der Waals surface area contributed by atoms with Gasteiger partial charge in [0.1, 0.15) is 11.6 Å². The lowest BCUT2D eigenvalue weighted by Gasteiger charge is -2.42. The van der Waals surface area contributed by atoms with E-state index in [9.17, 15) is 9.18 Å². The first-order valence-electron chi connectivity index (χ1n) is 11.1. The summed E-state index contributed by atoms with van der Waals surface area (Å²) in [6.07, 6.45) is 7.08. The number of fused-ring (bicyclic) bond motifs is 2. The van der Waals surface area contributed by atoms with E-state index < -0.39 is 0 Å². The summed E-state index contributed by atoms with van der Waals surface area (Å²) in [6.45, 7) is 6.39. The molecular formula is C23H33FN2O3. The molecule has 1 saturated heterocycles. The summed E-state index contributed by atoms with van der Waals surface area (Å²) < 4.78 is 25.0. The Balaban J connectivity index is 1.37. The van der Waals surface area contributed by atoms with Gasteiger partial charge < -0.3 is 19.7 Å². The molecule has 1 spiro atoms. The smallest absolute Gasteiger partial charge is 0.407 e. The highest BCUT2D eigenvalue weighted by Crippen LogP contribution is 2.46. The molecule has 1 aromatic carbocycles. The van der Waals surface area contributed by atoms with Crippen LogP contribution in [0.5, 0.6) is 5.75 Å². The molecule has 2 fully saturated rings. The zero-order valence-electron chi connectivity index (χ0n) is 17.6. The fourth-order valence-electron chi connectivity index (χ4n) is 5.28. The highest BCUT2D eigenvalue weighted by Gasteiger charge is 2.44. The Morgan fingerprint density at radius 2 is 2.03 bits per heavy atom. The molecule has 0 aromatic heterocycles. The Kier molecular flexibility index (Phi) is 6.00. The van der Waals surface area contributed by atoms with E-state index in [4.69, 9.17) is 9.47 Å². The van der Waals surface area contributed by atoms with Crippen LogP contribution in [0.3, 0.4) is 0 Å². The topological polar surface area (TPSA) is 50.8 Å². The first-order valence-corrected chi connectivity index (χ1v) is 11.1. The van der Waals surface area contributed by atoms with Crippen LogP contribution in [0.25, 0.3) is 0 Å². The number of benzene rings is 1. The second kappa shape index (κ2) is 8.50. The van der Waals surface area contributed by atoms with Gasteiger partial charge in [0.2, 0.25) is 0 Å². The Morgan fingerprint density at radius 3 is 2.79 bits per heavy atom. The van der Waals surface area contributed by atoms with Crippen molar-refractivity contribution in [3.63, 3.8) is 0 Å². The Morgan fingerprint density at radius 1 is 1.28 bits per heavy atom. The largest absolute Gasteiger partial charge is 0.492 e. The minimum atomic E-state index is -0.301. The number of nitrogens with zero attached hydrogens (tertiary/aromatic N) is 1. The van der Waals surface area contributed by atoms with Crippen molar-refractivity contribution in [2.45, 2.75) is 82.4 Å². The summed E-state index contributed by atoms with van der Waals surface area (Å²) in [5.41, 5.74) is 1.01. The summed E-state index contributed by atoms with van der Waals surface area (Å²) in [5.74, 6) is 0.671. The van der Waals surface area contributed by atoms with Gasteiger partial charge in [-0.3, -0.25) is 0 Å². The van der Waals surface area contributed by atoms with Crippen LogP contribution in [0.15, 0.2) is 18.2 Å². The van der Waals surface area contributed by atoms with Gasteiger partial charge in [0, 0.05) is 23.1 Å². The summed E-state index contributed by atoms with van der Waals surface area (Å²) in [5, 5.41) is 3.08. The van der Waals surface area contributed by atoms with Crippen LogP contribution in [-0.2, 0) is 10.2 Å². The standard InChI is InChI=1S/C23H33FN2O3/c1-16(2)29-22(27)25-18-5-3-4-6-19(14-18)26-11-9-23(10-12-26)15-28-21-8-7-17(24)13-20(21)23/h7-8,13,16,18-19H,3-6,9-12,14-15H2,1-2H3,(H,25,27). The fourth-order valence-corrected chi connectivity index (χ4v) is 5.28. The number of likely N-dealkylation sites (tertiary alicyclic amines) is 1. The Hall–Kier alpha value is -1.82. The molecule has 5 nitrogen and oxygen atoms in total. The number of halogens is 1. The second-order valence-electron chi connectivity index (χ2n) is 9.21. The van der Waals surface area contributed by atoms with Gasteiger partial charge in [-0.2, -0.15) is 0 Å². The van der Waals surface area contributed by atoms with Crippen LogP contribution in [0.4, 0.5) is 9.18 Å². The maximum absolute atomic E-state index is 13.8. The number of hydrogen-bond donors (Lipinski definition) is 1. The normalized spacial score (nSPS) is 26.6. The minimum Gasteiger partial charge on any atom is -0.492 e. The average Bonchev–Trinajstić information content (AvgIpc) is 2.86. The third kappa shape index (κ3) is 4.52. The van der Waals surface area contributed by atoms with Crippen LogP contribution >= 0.6 is 0 Å². The van der Waals surface area contributed by atoms with Crippen molar-refractivity contribution in [1.29, 1.82) is 0 Å². The van der Waals surface area contributed by atoms with Crippen molar-refractivity contribution in [3.05, 3.63) is 29.6 Å². The van der Waals surface area contributed by atoms with Gasteiger partial charge >= 0.3 is 6.09 Å². The third-order valence-electron chi connectivity index (χ3n) is 6.85. The number of hydrogen-bond acceptors (Lipinski definition) is 4. The zero-order chi connectivity index (χ0) is 20.4. The quantitative estimate of drug-likeness (QED) is 0.760. The predicted octanol–water partition coefficient (Wildman–Crippen LogP) is 4.39. The molecule has 0 bridgehead atoms. The first-order chi connectivity index (χ1) is 13.9. The number of nitrogens with one attached hydrogen (secondary N) is 1. The Labute approximate surface area is 172 Å². The highest BCUT2D eigenvalue weighted by atomic mass is 19.1. The fraction of sp³-hybridized carbons (Fsp3) is 0.696. The first kappa shape index (κ1) is 20.5. The van der Waals surface area contributed by atoms with E-state index in [1.807, 2.05) is 13.8 Å². The molecule has 3 aliphatic rings. The molecule has 1 amide bonds. The molecule has 2 heterocycles. The molecule has 1 aliphatic carbocycles. The number of carbonyl (C=O) groups excluding carboxylic acids is 1. The van der Waals surface area contributed by atoms with E-state index in [0.717, 1.165) is 56.5 Å². The number of alkyl carbamates (subject to hydrolysis) is 1. The number of carbonyl (C=O) groups is 1. The molecule has 2 unspecified atom stereocenters. The minimum absolute atomic E-state index is 0.0443. The molecule has 2 atom stereocenters. The lowest BCUT2D eigenvalue weighted by molar-refractivity contribution is 0.0855. The van der Waals surface area contributed by atoms with Gasteiger partial charge in [0.15, 0.2) is 0 Å². The average molecular weight is 405 g/mol. The molecule has 160 valence electrons. The number of ether oxygens (including phenoxy) is 2. The van der Waals surface area contributed by atoms with E-state index >= 15 is 0 Å². The Bertz CT molecular complexity index is 731. The van der Waals surface area contributed by atoms with Crippen molar-refractivity contribution in [3.8, 4) is 5.75 Å².